The molecule has 1 aliphatic rings. The van der Waals surface area contributed by atoms with Gasteiger partial charge in [-0.15, -0.1) is 0 Å². The summed E-state index contributed by atoms with van der Waals surface area (Å²) in [6.07, 6.45) is 3.81. The van der Waals surface area contributed by atoms with Gasteiger partial charge < -0.3 is 16.2 Å². The second-order valence-corrected chi connectivity index (χ2v) is 5.89. The fraction of sp³-hybridized carbons (Fsp3) is 0.150. The number of aliphatic imine (C=N–C) groups is 1. The Morgan fingerprint density at radius 1 is 1.19 bits per heavy atom. The monoisotopic (exact) mass is 346 g/mol. The number of carbonyl (C=O) groups excluding carboxylic acids is 1. The summed E-state index contributed by atoms with van der Waals surface area (Å²) in [6.45, 7) is 0. The lowest BCUT2D eigenvalue weighted by molar-refractivity contribution is 0.100. The van der Waals surface area contributed by atoms with Crippen molar-refractivity contribution in [1.82, 2.24) is 0 Å². The largest absolute Gasteiger partial charge is 0.497 e. The molecule has 0 saturated carbocycles. The normalized spacial score (nSPS) is 12.4. The van der Waals surface area contributed by atoms with E-state index in [-0.39, 0.29) is 5.96 Å². The van der Waals surface area contributed by atoms with Gasteiger partial charge in [-0.25, -0.2) is 0 Å². The number of amides is 1. The molecule has 0 aliphatic heterocycles. The van der Waals surface area contributed by atoms with Crippen molar-refractivity contribution in [2.45, 2.75) is 12.8 Å². The SMILES string of the molecule is COc1ccc(C2=CCCc3ccc(C(=O)N=C(N)N)cc32)c(C#N)c1. The van der Waals surface area contributed by atoms with Crippen molar-refractivity contribution < 1.29 is 9.53 Å². The number of hydrogen-bond donors (Lipinski definition) is 2. The molecule has 0 heterocycles. The second kappa shape index (κ2) is 7.11. The van der Waals surface area contributed by atoms with Gasteiger partial charge in [0.15, 0.2) is 5.96 Å². The first-order valence-electron chi connectivity index (χ1n) is 8.09. The highest BCUT2D eigenvalue weighted by Crippen LogP contribution is 2.35. The molecule has 0 unspecified atom stereocenters. The van der Waals surface area contributed by atoms with Gasteiger partial charge >= 0.3 is 0 Å². The zero-order valence-electron chi connectivity index (χ0n) is 14.3. The molecule has 26 heavy (non-hydrogen) atoms. The van der Waals surface area contributed by atoms with Crippen LogP contribution in [0.1, 0.15) is 39.0 Å². The van der Waals surface area contributed by atoms with Crippen molar-refractivity contribution in [2.75, 3.05) is 7.11 Å². The number of benzene rings is 2. The van der Waals surface area contributed by atoms with Gasteiger partial charge in [-0.1, -0.05) is 12.1 Å². The number of nitrogens with two attached hydrogens (primary N) is 2. The van der Waals surface area contributed by atoms with E-state index < -0.39 is 5.91 Å². The molecule has 4 N–H and O–H groups in total. The molecular formula is C20H18N4O2. The maximum absolute atomic E-state index is 12.2. The second-order valence-electron chi connectivity index (χ2n) is 5.89. The number of allylic oxidation sites excluding steroid dienone is 1. The lowest BCUT2D eigenvalue weighted by Gasteiger charge is -2.20. The van der Waals surface area contributed by atoms with Crippen LogP contribution in [-0.4, -0.2) is 19.0 Å². The number of aryl methyl sites for hydroxylation is 1. The molecule has 0 fully saturated rings. The number of carbonyl (C=O) groups is 1. The number of methoxy groups -OCH3 is 1. The highest BCUT2D eigenvalue weighted by atomic mass is 16.5. The molecule has 130 valence electrons. The summed E-state index contributed by atoms with van der Waals surface area (Å²) in [5.41, 5.74) is 15.3. The molecule has 2 aromatic rings. The Hall–Kier alpha value is -3.59. The van der Waals surface area contributed by atoms with Crippen LogP contribution in [0, 0.1) is 11.3 Å². The highest BCUT2D eigenvalue weighted by molar-refractivity contribution is 6.02. The fourth-order valence-electron chi connectivity index (χ4n) is 3.07. The minimum absolute atomic E-state index is 0.273. The summed E-state index contributed by atoms with van der Waals surface area (Å²) >= 11 is 0. The Balaban J connectivity index is 2.11. The van der Waals surface area contributed by atoms with Crippen LogP contribution in [-0.2, 0) is 6.42 Å². The summed E-state index contributed by atoms with van der Waals surface area (Å²) in [5, 5.41) is 9.53. The van der Waals surface area contributed by atoms with E-state index in [2.05, 4.69) is 17.1 Å². The standard InChI is InChI=1S/C20H18N4O2/c1-26-15-7-8-16(14(9-15)11-21)17-4-2-3-12-5-6-13(10-18(12)17)19(25)24-20(22)23/h4-10H,2-3H2,1H3,(H4,22,23,24,25). The van der Waals surface area contributed by atoms with Crippen LogP contribution in [0.3, 0.4) is 0 Å². The molecule has 6 nitrogen and oxygen atoms in total. The first-order chi connectivity index (χ1) is 12.5. The number of nitrogens with zero attached hydrogens (tertiary/aromatic N) is 2. The van der Waals surface area contributed by atoms with Crippen LogP contribution >= 0.6 is 0 Å². The Kier molecular flexibility index (Phi) is 4.72. The van der Waals surface area contributed by atoms with E-state index >= 15 is 0 Å². The summed E-state index contributed by atoms with van der Waals surface area (Å²) in [7, 11) is 1.56. The summed E-state index contributed by atoms with van der Waals surface area (Å²) in [5.74, 6) is -0.142. The summed E-state index contributed by atoms with van der Waals surface area (Å²) in [6, 6.07) is 13.0. The van der Waals surface area contributed by atoms with Crippen molar-refractivity contribution in [2.24, 2.45) is 16.5 Å². The number of ether oxygens (including phenoxy) is 1. The number of hydrogen-bond acceptors (Lipinski definition) is 3. The molecule has 0 spiro atoms. The van der Waals surface area contributed by atoms with Gasteiger partial charge in [0, 0.05) is 5.56 Å². The van der Waals surface area contributed by atoms with Gasteiger partial charge in [0.05, 0.1) is 18.7 Å². The lowest BCUT2D eigenvalue weighted by Crippen LogP contribution is -2.24. The third-order valence-corrected chi connectivity index (χ3v) is 4.28. The van der Waals surface area contributed by atoms with Gasteiger partial charge in [0.1, 0.15) is 5.75 Å². The number of rotatable bonds is 3. The Bertz CT molecular complexity index is 980. The summed E-state index contributed by atoms with van der Waals surface area (Å²) < 4.78 is 5.20. The van der Waals surface area contributed by atoms with Crippen molar-refractivity contribution in [3.05, 3.63) is 70.3 Å². The summed E-state index contributed by atoms with van der Waals surface area (Å²) in [4.78, 5) is 15.8. The Morgan fingerprint density at radius 2 is 2.00 bits per heavy atom. The van der Waals surface area contributed by atoms with E-state index in [1.165, 1.54) is 0 Å². The van der Waals surface area contributed by atoms with E-state index in [0.29, 0.717) is 16.9 Å². The van der Waals surface area contributed by atoms with E-state index in [0.717, 1.165) is 35.1 Å². The number of guanidine groups is 1. The van der Waals surface area contributed by atoms with Crippen LogP contribution in [0.5, 0.6) is 5.75 Å². The predicted molar refractivity (Wildman–Crippen MR) is 99.7 cm³/mol. The van der Waals surface area contributed by atoms with Crippen LogP contribution in [0.2, 0.25) is 0 Å². The van der Waals surface area contributed by atoms with E-state index in [1.54, 1.807) is 25.3 Å². The molecule has 1 aliphatic carbocycles. The first kappa shape index (κ1) is 17.2. The van der Waals surface area contributed by atoms with Crippen molar-refractivity contribution in [3.63, 3.8) is 0 Å². The molecule has 0 bridgehead atoms. The van der Waals surface area contributed by atoms with Crippen LogP contribution < -0.4 is 16.2 Å². The maximum atomic E-state index is 12.2. The van der Waals surface area contributed by atoms with Crippen LogP contribution in [0.25, 0.3) is 5.57 Å². The molecule has 3 rings (SSSR count). The van der Waals surface area contributed by atoms with Crippen LogP contribution in [0.4, 0.5) is 0 Å². The van der Waals surface area contributed by atoms with Crippen molar-refractivity contribution in [1.29, 1.82) is 5.26 Å². The first-order valence-corrected chi connectivity index (χ1v) is 8.09. The quantitative estimate of drug-likeness (QED) is 0.654. The average Bonchev–Trinajstić information content (AvgIpc) is 2.66. The maximum Gasteiger partial charge on any atom is 0.280 e. The molecular weight excluding hydrogens is 328 g/mol. The van der Waals surface area contributed by atoms with Crippen molar-refractivity contribution >= 4 is 17.4 Å². The molecule has 0 radical (unpaired) electrons. The highest BCUT2D eigenvalue weighted by Gasteiger charge is 2.19. The molecule has 6 heteroatoms. The van der Waals surface area contributed by atoms with Gasteiger partial charge in [0.25, 0.3) is 5.91 Å². The van der Waals surface area contributed by atoms with Gasteiger partial charge in [-0.3, -0.25) is 4.79 Å². The van der Waals surface area contributed by atoms with Gasteiger partial charge in [-0.2, -0.15) is 10.3 Å². The number of nitriles is 1. The molecule has 2 aromatic carbocycles. The van der Waals surface area contributed by atoms with E-state index in [9.17, 15) is 10.1 Å². The van der Waals surface area contributed by atoms with E-state index in [4.69, 9.17) is 16.2 Å². The minimum atomic E-state index is -0.493. The average molecular weight is 346 g/mol. The Morgan fingerprint density at radius 3 is 2.69 bits per heavy atom. The smallest absolute Gasteiger partial charge is 0.280 e. The van der Waals surface area contributed by atoms with E-state index in [1.807, 2.05) is 18.2 Å². The molecule has 1 amide bonds. The Labute approximate surface area is 151 Å². The zero-order valence-corrected chi connectivity index (χ0v) is 14.3. The molecule has 0 saturated heterocycles. The minimum Gasteiger partial charge on any atom is -0.497 e. The zero-order chi connectivity index (χ0) is 18.7. The van der Waals surface area contributed by atoms with Gasteiger partial charge in [-0.05, 0) is 65.4 Å². The van der Waals surface area contributed by atoms with Crippen LogP contribution in [0.15, 0.2) is 47.5 Å². The third-order valence-electron chi connectivity index (χ3n) is 4.28. The number of fused-ring (bicyclic) bond motifs is 1. The van der Waals surface area contributed by atoms with Gasteiger partial charge in [0.2, 0.25) is 0 Å². The van der Waals surface area contributed by atoms with Crippen molar-refractivity contribution in [3.8, 4) is 11.8 Å². The molecule has 0 atom stereocenters. The lowest BCUT2D eigenvalue weighted by atomic mass is 9.84. The third kappa shape index (κ3) is 3.28. The fourth-order valence-corrected chi connectivity index (χ4v) is 3.07. The molecule has 0 aromatic heterocycles. The topological polar surface area (TPSA) is 114 Å². The predicted octanol–water partition coefficient (Wildman–Crippen LogP) is 2.36.